The Morgan fingerprint density at radius 3 is 1.33 bits per heavy atom. The van der Waals surface area contributed by atoms with Gasteiger partial charge in [-0.25, -0.2) is 0 Å². The highest BCUT2D eigenvalue weighted by Crippen LogP contribution is 2.33. The molecular formula is C11H34O7Si6. The Morgan fingerprint density at radius 2 is 1.00 bits per heavy atom. The molecule has 0 saturated carbocycles. The van der Waals surface area contributed by atoms with Gasteiger partial charge < -0.3 is 29.5 Å². The third-order valence-corrected chi connectivity index (χ3v) is 25.0. The highest BCUT2D eigenvalue weighted by molar-refractivity contribution is 6.94. The van der Waals surface area contributed by atoms with Crippen molar-refractivity contribution in [1.82, 2.24) is 0 Å². The Bertz CT molecular complexity index is 440. The van der Waals surface area contributed by atoms with E-state index in [9.17, 15) is 4.80 Å². The van der Waals surface area contributed by atoms with Gasteiger partial charge in [-0.3, -0.25) is 0 Å². The van der Waals surface area contributed by atoms with Gasteiger partial charge in [0.2, 0.25) is 0 Å². The Labute approximate surface area is 153 Å². The number of hydrogen-bond donors (Lipinski definition) is 1. The van der Waals surface area contributed by atoms with E-state index in [2.05, 4.69) is 0 Å². The van der Waals surface area contributed by atoms with Crippen LogP contribution in [0, 0.1) is 0 Å². The average molecular weight is 447 g/mol. The van der Waals surface area contributed by atoms with Crippen LogP contribution in [0.15, 0.2) is 0 Å². The lowest BCUT2D eigenvalue weighted by Crippen LogP contribution is -2.68. The molecule has 1 fully saturated rings. The van der Waals surface area contributed by atoms with Crippen LogP contribution in [0.2, 0.25) is 72.0 Å². The zero-order valence-electron chi connectivity index (χ0n) is 16.9. The molecule has 1 rings (SSSR count). The molecule has 1 saturated heterocycles. The van der Waals surface area contributed by atoms with Gasteiger partial charge in [0, 0.05) is 6.55 Å². The van der Waals surface area contributed by atoms with E-state index >= 15 is 0 Å². The molecule has 1 aliphatic rings. The SMILES string of the molecule is C[Si](C)(O)O[Si](C)(C)O[Si]1(C)O[Si](C)(C)O[Si](C)(C)O[Si](C)(C)O1. The fourth-order valence-electron chi connectivity index (χ4n) is 3.27. The lowest BCUT2D eigenvalue weighted by Gasteiger charge is -2.48. The first-order chi connectivity index (χ1) is 10.2. The molecule has 1 aliphatic heterocycles. The molecule has 0 atom stereocenters. The van der Waals surface area contributed by atoms with Crippen molar-refractivity contribution in [3.05, 3.63) is 0 Å². The van der Waals surface area contributed by atoms with Gasteiger partial charge in [-0.05, 0) is 65.5 Å². The third-order valence-electron chi connectivity index (χ3n) is 2.77. The monoisotopic (exact) mass is 446 g/mol. The predicted molar refractivity (Wildman–Crippen MR) is 108 cm³/mol. The second-order valence-electron chi connectivity index (χ2n) is 8.52. The Kier molecular flexibility index (Phi) is 6.61. The van der Waals surface area contributed by atoms with Gasteiger partial charge in [-0.1, -0.05) is 0 Å². The standard InChI is InChI=1S/C11H34O7Si6/c1-19(2,12)13-20(3,4)16-24(11)17-22(7,8)14-21(5,6)15-23(9,10)18-24/h12H,1-11H3. The molecule has 0 unspecified atom stereocenters. The van der Waals surface area contributed by atoms with Gasteiger partial charge in [-0.15, -0.1) is 0 Å². The van der Waals surface area contributed by atoms with Crippen LogP contribution >= 0.6 is 0 Å². The molecule has 7 nitrogen and oxygen atoms in total. The quantitative estimate of drug-likeness (QED) is 0.665. The second kappa shape index (κ2) is 6.88. The molecular weight excluding hydrogens is 413 g/mol. The number of rotatable bonds is 4. The minimum absolute atomic E-state index is 1.73. The molecule has 144 valence electrons. The van der Waals surface area contributed by atoms with Crippen molar-refractivity contribution >= 4 is 51.6 Å². The topological polar surface area (TPSA) is 75.6 Å². The maximum Gasteiger partial charge on any atom is 0.470 e. The van der Waals surface area contributed by atoms with Crippen LogP contribution < -0.4 is 0 Å². The van der Waals surface area contributed by atoms with Crippen molar-refractivity contribution in [1.29, 1.82) is 0 Å². The van der Waals surface area contributed by atoms with Crippen LogP contribution in [0.3, 0.4) is 0 Å². The van der Waals surface area contributed by atoms with E-state index in [1.165, 1.54) is 0 Å². The van der Waals surface area contributed by atoms with E-state index in [0.717, 1.165) is 0 Å². The van der Waals surface area contributed by atoms with Crippen molar-refractivity contribution < 1.29 is 29.5 Å². The maximum atomic E-state index is 10.1. The molecule has 0 spiro atoms. The molecule has 0 aromatic rings. The predicted octanol–water partition coefficient (Wildman–Crippen LogP) is 3.17. The zero-order chi connectivity index (χ0) is 19.2. The Balaban J connectivity index is 3.09. The summed E-state index contributed by atoms with van der Waals surface area (Å²) < 4.78 is 37.5. The van der Waals surface area contributed by atoms with Gasteiger partial charge in [0.25, 0.3) is 0 Å². The van der Waals surface area contributed by atoms with Crippen molar-refractivity contribution in [3.63, 3.8) is 0 Å². The van der Waals surface area contributed by atoms with E-state index in [4.69, 9.17) is 24.7 Å². The molecule has 13 heteroatoms. The van der Waals surface area contributed by atoms with Gasteiger partial charge in [0.15, 0.2) is 0 Å². The normalized spacial score (nSPS) is 26.5. The van der Waals surface area contributed by atoms with Crippen molar-refractivity contribution in [3.8, 4) is 0 Å². The fourth-order valence-corrected chi connectivity index (χ4v) is 32.1. The van der Waals surface area contributed by atoms with Gasteiger partial charge in [0.05, 0.1) is 0 Å². The highest BCUT2D eigenvalue weighted by Gasteiger charge is 2.56. The highest BCUT2D eigenvalue weighted by atomic mass is 28.6. The Hall–Kier alpha value is 1.02. The molecule has 0 aliphatic carbocycles. The second-order valence-corrected chi connectivity index (χ2v) is 29.2. The summed E-state index contributed by atoms with van der Waals surface area (Å²) in [6.07, 6.45) is 0. The van der Waals surface area contributed by atoms with E-state index in [-0.39, 0.29) is 0 Å². The van der Waals surface area contributed by atoms with Crippen molar-refractivity contribution in [2.75, 3.05) is 0 Å². The van der Waals surface area contributed by atoms with E-state index in [1.807, 2.05) is 58.9 Å². The van der Waals surface area contributed by atoms with Crippen molar-refractivity contribution in [2.24, 2.45) is 0 Å². The first-order valence-corrected chi connectivity index (χ1v) is 24.5. The van der Waals surface area contributed by atoms with E-state index in [1.54, 1.807) is 13.1 Å². The summed E-state index contributed by atoms with van der Waals surface area (Å²) in [4.78, 5) is 10.1. The zero-order valence-corrected chi connectivity index (χ0v) is 22.9. The first kappa shape index (κ1) is 23.1. The summed E-state index contributed by atoms with van der Waals surface area (Å²) in [6.45, 7) is 21.2. The summed E-state index contributed by atoms with van der Waals surface area (Å²) in [6, 6.07) is 0. The third kappa shape index (κ3) is 8.15. The van der Waals surface area contributed by atoms with Crippen LogP contribution in [-0.4, -0.2) is 56.4 Å². The summed E-state index contributed by atoms with van der Waals surface area (Å²) in [5.74, 6) is 0. The molecule has 0 radical (unpaired) electrons. The summed E-state index contributed by atoms with van der Waals surface area (Å²) >= 11 is 0. The van der Waals surface area contributed by atoms with Crippen LogP contribution in [0.5, 0.6) is 0 Å². The van der Waals surface area contributed by atoms with Crippen LogP contribution in [0.25, 0.3) is 0 Å². The molecule has 1 N–H and O–H groups in total. The summed E-state index contributed by atoms with van der Waals surface area (Å²) in [5.41, 5.74) is 0. The van der Waals surface area contributed by atoms with Gasteiger partial charge in [-0.2, -0.15) is 0 Å². The lowest BCUT2D eigenvalue weighted by molar-refractivity contribution is 0.169. The molecule has 24 heavy (non-hydrogen) atoms. The minimum atomic E-state index is -3.04. The van der Waals surface area contributed by atoms with Crippen LogP contribution in [-0.2, 0) is 24.7 Å². The summed E-state index contributed by atoms with van der Waals surface area (Å²) in [5, 5.41) is 0. The lowest BCUT2D eigenvalue weighted by atomic mass is 11.9. The van der Waals surface area contributed by atoms with Crippen LogP contribution in [0.4, 0.5) is 0 Å². The molecule has 0 aromatic heterocycles. The van der Waals surface area contributed by atoms with Gasteiger partial charge in [0.1, 0.15) is 0 Å². The molecule has 0 aromatic carbocycles. The fraction of sp³-hybridized carbons (Fsp3) is 1.00. The van der Waals surface area contributed by atoms with E-state index in [0.29, 0.717) is 0 Å². The number of hydrogen-bond acceptors (Lipinski definition) is 7. The summed E-state index contributed by atoms with van der Waals surface area (Å²) in [7, 11) is -15.7. The van der Waals surface area contributed by atoms with Gasteiger partial charge >= 0.3 is 51.6 Å². The maximum absolute atomic E-state index is 10.1. The minimum Gasteiger partial charge on any atom is -0.416 e. The van der Waals surface area contributed by atoms with Crippen LogP contribution in [0.1, 0.15) is 0 Å². The van der Waals surface area contributed by atoms with E-state index < -0.39 is 51.6 Å². The first-order valence-electron chi connectivity index (χ1n) is 8.17. The van der Waals surface area contributed by atoms with Crippen molar-refractivity contribution in [2.45, 2.75) is 72.0 Å². The largest absolute Gasteiger partial charge is 0.470 e. The smallest absolute Gasteiger partial charge is 0.416 e. The molecule has 0 bridgehead atoms. The molecule has 1 heterocycles. The molecule has 0 amide bonds. The average Bonchev–Trinajstić information content (AvgIpc) is 1.98. The Morgan fingerprint density at radius 1 is 0.667 bits per heavy atom.